The van der Waals surface area contributed by atoms with E-state index in [4.69, 9.17) is 5.73 Å². The molecule has 0 aliphatic rings. The molecule has 0 aliphatic heterocycles. The van der Waals surface area contributed by atoms with Crippen LogP contribution in [0.2, 0.25) is 13.3 Å². The Morgan fingerprint density at radius 1 is 0.516 bits per heavy atom. The number of unbranched alkanes of at least 4 members (excludes halogenated alkanes) is 3. The summed E-state index contributed by atoms with van der Waals surface area (Å²) in [6.07, 6.45) is 16.5. The van der Waals surface area contributed by atoms with Crippen molar-refractivity contribution >= 4 is 204 Å². The van der Waals surface area contributed by atoms with Crippen molar-refractivity contribution in [2.75, 3.05) is 37.5 Å². The van der Waals surface area contributed by atoms with Crippen LogP contribution >= 0.6 is 112 Å². The van der Waals surface area contributed by atoms with Gasteiger partial charge in [-0.2, -0.15) is 0 Å². The Bertz CT molecular complexity index is 3820. The van der Waals surface area contributed by atoms with E-state index in [9.17, 15) is 25.0 Å². The first-order valence-corrected chi connectivity index (χ1v) is 42.7. The van der Waals surface area contributed by atoms with Gasteiger partial charge in [-0.1, -0.05) is 120 Å². The summed E-state index contributed by atoms with van der Waals surface area (Å²) in [5.41, 5.74) is 20.6. The molecule has 17 nitrogen and oxygen atoms in total. The molecule has 7 aromatic carbocycles. The van der Waals surface area contributed by atoms with Crippen molar-refractivity contribution in [1.29, 1.82) is 0 Å². The van der Waals surface area contributed by atoms with Crippen molar-refractivity contribution < 1.29 is 14.6 Å². The fourth-order valence-corrected chi connectivity index (χ4v) is 24.9. The molecule has 498 valence electrons. The van der Waals surface area contributed by atoms with Crippen molar-refractivity contribution in [3.05, 3.63) is 232 Å². The van der Waals surface area contributed by atoms with Crippen molar-refractivity contribution in [3.8, 4) is 0 Å². The summed E-state index contributed by atoms with van der Waals surface area (Å²) in [7, 11) is 10.9. The van der Waals surface area contributed by atoms with Gasteiger partial charge in [-0.15, -0.1) is 0 Å². The molecule has 0 radical (unpaired) electrons. The molecule has 0 aliphatic carbocycles. The Labute approximate surface area is 610 Å². The average molecular weight is 1830 g/mol. The van der Waals surface area contributed by atoms with E-state index in [2.05, 4.69) is 193 Å². The quantitative estimate of drug-likeness (QED) is 0.0233. The number of imidazole rings is 3. The number of anilines is 3. The number of hydrogen-bond acceptors (Lipinski definition) is 12. The maximum Gasteiger partial charge on any atom is 0.292 e. The van der Waals surface area contributed by atoms with E-state index in [1.165, 1.54) is 57.7 Å². The van der Waals surface area contributed by atoms with Gasteiger partial charge in [-0.25, -0.2) is 15.0 Å². The predicted octanol–water partition coefficient (Wildman–Crippen LogP) is 21.9. The van der Waals surface area contributed by atoms with Gasteiger partial charge >= 0.3 is 102 Å². The standard InChI is InChI=1S/C10H10N2.C9H8N2O.C8H7BrN2.C7H7BrN2O2.C7H9BrN2.C6H3Br2NO2.C6H4Br2.3C4H9.C2H3.CH5N.Sn/c1-3-8-4-5-9-10(6-8)12(2)7-11-9;1-11-6-10-8-3-2-7(5-12)4-9(8)11;1-11-5-10-7-3-2-6(9)4-8(7)11;1-9-6-4-5(8)2-3-7(6)10(11)12;1-10-7-4-5(8)2-3-6(7)9;7-4-1-2-6(9(10)11)5(8)3-4;7-5-2-1-3-6(8)4-5;3*1-3-4-2;2*1-2;/h3-7H,1H2,2H3;2-6H,1H3;2-5H,1H3;2-4,9H,1H3;2-4,10H,9H2,1H3;1-3H;1-4H;3*1,3-4H2,2H3;1H,2H2;2H2,1H3;. The smallest absolute Gasteiger partial charge is 0.292 e. The number of carbonyl (C=O) groups excluding carboxylic acids is 1. The summed E-state index contributed by atoms with van der Waals surface area (Å²) in [6, 6.07) is 40.7. The molecule has 10 aromatic rings. The minimum Gasteiger partial charge on any atom is -0.397 e. The van der Waals surface area contributed by atoms with Crippen LogP contribution in [0.5, 0.6) is 0 Å². The van der Waals surface area contributed by atoms with Gasteiger partial charge in [0.15, 0.2) is 0 Å². The molecule has 10 rings (SSSR count). The summed E-state index contributed by atoms with van der Waals surface area (Å²) in [5, 5.41) is 26.5. The number of nitro benzene ring substituents is 2. The second-order valence-electron chi connectivity index (χ2n) is 20.3. The van der Waals surface area contributed by atoms with Gasteiger partial charge in [0.2, 0.25) is 0 Å². The monoisotopic (exact) mass is 1820 g/mol. The van der Waals surface area contributed by atoms with E-state index >= 15 is 0 Å². The molecule has 0 amide bonds. The average Bonchev–Trinajstić information content (AvgIpc) is 2.88. The van der Waals surface area contributed by atoms with E-state index in [1.54, 1.807) is 57.0 Å². The van der Waals surface area contributed by atoms with E-state index in [1.807, 2.05) is 139 Å². The van der Waals surface area contributed by atoms with Gasteiger partial charge < -0.3 is 35.8 Å². The molecule has 0 spiro atoms. The first kappa shape index (κ1) is 83.5. The topological polar surface area (TPSA) is 233 Å². The second kappa shape index (κ2) is 45.7. The van der Waals surface area contributed by atoms with Crippen LogP contribution < -0.4 is 22.1 Å². The Morgan fingerprint density at radius 3 is 1.28 bits per heavy atom. The Morgan fingerprint density at radius 2 is 0.892 bits per heavy atom. The van der Waals surface area contributed by atoms with E-state index in [0.717, 1.165) is 83.2 Å². The largest absolute Gasteiger partial charge is 0.397 e. The zero-order valence-electron chi connectivity index (χ0n) is 53.9. The number of aryl methyl sites for hydroxylation is 3. The zero-order chi connectivity index (χ0) is 69.6. The predicted molar refractivity (Wildman–Crippen MR) is 419 cm³/mol. The van der Waals surface area contributed by atoms with Crippen LogP contribution in [0.3, 0.4) is 0 Å². The molecular formula is C68H83Br7N12O5Sn. The maximum atomic E-state index is 10.5. The first-order valence-electron chi connectivity index (χ1n) is 29.4. The number of carbonyl (C=O) groups is 1. The zero-order valence-corrected chi connectivity index (χ0v) is 67.8. The van der Waals surface area contributed by atoms with Gasteiger partial charge in [0.05, 0.1) is 77.8 Å². The molecule has 3 aromatic heterocycles. The van der Waals surface area contributed by atoms with Crippen molar-refractivity contribution in [1.82, 2.24) is 28.7 Å². The summed E-state index contributed by atoms with van der Waals surface area (Å²) >= 11 is 21.1. The molecular weight excluding hydrogens is 1740 g/mol. The van der Waals surface area contributed by atoms with Crippen LogP contribution in [0, 0.1) is 20.2 Å². The maximum absolute atomic E-state index is 10.5. The molecule has 25 heteroatoms. The number of nitro groups is 2. The number of nitrogens with two attached hydrogens (primary N) is 2. The summed E-state index contributed by atoms with van der Waals surface area (Å²) in [5.74, 6) is 0. The summed E-state index contributed by atoms with van der Waals surface area (Å²) in [4.78, 5) is 42.9. The second-order valence-corrected chi connectivity index (χ2v) is 39.9. The van der Waals surface area contributed by atoms with Crippen molar-refractivity contribution in [2.45, 2.75) is 72.6 Å². The van der Waals surface area contributed by atoms with Gasteiger partial charge in [0.1, 0.15) is 12.0 Å². The molecule has 6 N–H and O–H groups in total. The number of halogens is 7. The Balaban J connectivity index is 0.000000362. The van der Waals surface area contributed by atoms with Crippen LogP contribution in [-0.2, 0) is 21.1 Å². The Kier molecular flexibility index (Phi) is 41.1. The molecule has 0 unspecified atom stereocenters. The summed E-state index contributed by atoms with van der Waals surface area (Å²) in [6.45, 7) is 14.9. The number of hydrogen-bond donors (Lipinski definition) is 4. The van der Waals surface area contributed by atoms with Crippen LogP contribution in [-0.4, -0.2) is 84.3 Å². The molecule has 0 fully saturated rings. The number of nitrogen functional groups attached to an aromatic ring is 1. The third-order valence-corrected chi connectivity index (χ3v) is 31.3. The van der Waals surface area contributed by atoms with Crippen molar-refractivity contribution in [3.63, 3.8) is 0 Å². The fourth-order valence-electron chi connectivity index (χ4n) is 8.56. The number of aromatic nitrogens is 6. The third-order valence-electron chi connectivity index (χ3n) is 13.7. The molecule has 0 saturated carbocycles. The number of rotatable bonds is 16. The normalized spacial score (nSPS) is 10.1. The number of aldehydes is 1. The molecule has 3 heterocycles. The SMILES string of the molecule is Brc1cccc(Br)c1.C=Cc1ccc2ncn(C)c2c1.C=[CH][Sn]([CH2]CCC)([CH2]CCC)[CH2]CCC.CN.CNc1cc(Br)ccc1N.CNc1cc(Br)ccc1[N+](=O)[O-].Cn1cnc2ccc(Br)cc21.Cn1cnc2ccc(C=O)cc21.O=[N+]([O-])c1ccc(Br)cc1Br. The fraction of sp³-hybridized carbons (Fsp3) is 0.265. The first-order chi connectivity index (χ1) is 44.4. The molecule has 0 bridgehead atoms. The van der Waals surface area contributed by atoms with Crippen LogP contribution in [0.25, 0.3) is 39.2 Å². The molecule has 0 saturated heterocycles. The van der Waals surface area contributed by atoms with Gasteiger partial charge in [0, 0.05) is 79.8 Å². The van der Waals surface area contributed by atoms with E-state index < -0.39 is 28.2 Å². The number of fused-ring (bicyclic) bond motifs is 3. The van der Waals surface area contributed by atoms with Crippen LogP contribution in [0.15, 0.2) is 201 Å². The molecule has 0 atom stereocenters. The number of nitrogens with one attached hydrogen (secondary N) is 2. The van der Waals surface area contributed by atoms with Gasteiger partial charge in [-0.05, 0) is 138 Å². The third kappa shape index (κ3) is 29.9. The van der Waals surface area contributed by atoms with Crippen molar-refractivity contribution in [2.24, 2.45) is 26.9 Å². The Hall–Kier alpha value is -5.58. The number of nitrogens with zero attached hydrogens (tertiary/aromatic N) is 8. The van der Waals surface area contributed by atoms with Crippen LogP contribution in [0.1, 0.15) is 75.2 Å². The summed E-state index contributed by atoms with van der Waals surface area (Å²) < 4.78 is 19.5. The van der Waals surface area contributed by atoms with E-state index in [-0.39, 0.29) is 11.4 Å². The van der Waals surface area contributed by atoms with Gasteiger partial charge in [0.25, 0.3) is 11.4 Å². The van der Waals surface area contributed by atoms with Crippen LogP contribution in [0.4, 0.5) is 28.4 Å². The number of benzene rings is 7. The minimum atomic E-state index is -1.85. The molecule has 93 heavy (non-hydrogen) atoms. The minimum absolute atomic E-state index is 0.0770. The van der Waals surface area contributed by atoms with Gasteiger partial charge in [-0.3, -0.25) is 25.0 Å². The van der Waals surface area contributed by atoms with E-state index in [0.29, 0.717) is 15.7 Å².